The third-order valence-corrected chi connectivity index (χ3v) is 5.96. The van der Waals surface area contributed by atoms with Crippen molar-refractivity contribution in [1.29, 1.82) is 0 Å². The summed E-state index contributed by atoms with van der Waals surface area (Å²) in [5.74, 6) is 0.220. The minimum atomic E-state index is -3.17. The van der Waals surface area contributed by atoms with Crippen LogP contribution >= 0.6 is 0 Å². The molecule has 1 N–H and O–H groups in total. The topological polar surface area (TPSA) is 49.4 Å². The normalized spacial score (nSPS) is 17.1. The Morgan fingerprint density at radius 3 is 2.48 bits per heavy atom. The maximum absolute atomic E-state index is 12.4. The number of para-hydroxylation sites is 1. The van der Waals surface area contributed by atoms with E-state index in [1.54, 1.807) is 6.07 Å². The first-order valence-electron chi connectivity index (χ1n) is 7.88. The average molecular weight is 310 g/mol. The highest BCUT2D eigenvalue weighted by Gasteiger charge is 2.24. The molecule has 4 nitrogen and oxygen atoms in total. The van der Waals surface area contributed by atoms with Gasteiger partial charge in [-0.3, -0.25) is 0 Å². The molecular formula is C16H26N2O2S. The predicted octanol–water partition coefficient (Wildman–Crippen LogP) is 2.45. The Hall–Kier alpha value is -1.07. The highest BCUT2D eigenvalue weighted by Crippen LogP contribution is 2.28. The summed E-state index contributed by atoms with van der Waals surface area (Å²) < 4.78 is 24.8. The van der Waals surface area contributed by atoms with Crippen molar-refractivity contribution in [3.63, 3.8) is 0 Å². The summed E-state index contributed by atoms with van der Waals surface area (Å²) in [6.45, 7) is 6.85. The van der Waals surface area contributed by atoms with Crippen molar-refractivity contribution in [3.05, 3.63) is 24.3 Å². The first-order valence-corrected chi connectivity index (χ1v) is 9.53. The van der Waals surface area contributed by atoms with Gasteiger partial charge in [0.1, 0.15) is 0 Å². The van der Waals surface area contributed by atoms with Gasteiger partial charge in [-0.1, -0.05) is 26.0 Å². The van der Waals surface area contributed by atoms with Crippen molar-refractivity contribution in [1.82, 2.24) is 5.32 Å². The van der Waals surface area contributed by atoms with E-state index in [1.165, 1.54) is 0 Å². The van der Waals surface area contributed by atoms with Crippen LogP contribution in [-0.2, 0) is 9.84 Å². The lowest BCUT2D eigenvalue weighted by Gasteiger charge is -2.34. The number of rotatable bonds is 6. The Balaban J connectivity index is 2.18. The number of benzene rings is 1. The zero-order chi connectivity index (χ0) is 15.3. The largest absolute Gasteiger partial charge is 0.370 e. The van der Waals surface area contributed by atoms with Crippen LogP contribution in [0.3, 0.4) is 0 Å². The van der Waals surface area contributed by atoms with Gasteiger partial charge in [0.15, 0.2) is 9.84 Å². The lowest BCUT2D eigenvalue weighted by atomic mass is 10.0. The fraction of sp³-hybridized carbons (Fsp3) is 0.625. The molecule has 118 valence electrons. The summed E-state index contributed by atoms with van der Waals surface area (Å²) in [6, 6.07) is 7.99. The quantitative estimate of drug-likeness (QED) is 0.877. The molecule has 1 aliphatic heterocycles. The van der Waals surface area contributed by atoms with Gasteiger partial charge in [0.2, 0.25) is 0 Å². The van der Waals surface area contributed by atoms with E-state index >= 15 is 0 Å². The summed E-state index contributed by atoms with van der Waals surface area (Å²) >= 11 is 0. The summed E-state index contributed by atoms with van der Waals surface area (Å²) in [7, 11) is -3.17. The van der Waals surface area contributed by atoms with E-state index in [0.29, 0.717) is 17.4 Å². The Bertz CT molecular complexity index is 549. The Kier molecular flexibility index (Phi) is 5.65. The Morgan fingerprint density at radius 2 is 1.86 bits per heavy atom. The van der Waals surface area contributed by atoms with E-state index in [2.05, 4.69) is 17.1 Å². The number of hydrogen-bond acceptors (Lipinski definition) is 4. The van der Waals surface area contributed by atoms with Crippen LogP contribution in [0.25, 0.3) is 0 Å². The second kappa shape index (κ2) is 7.27. The minimum absolute atomic E-state index is 0.220. The fourth-order valence-electron chi connectivity index (χ4n) is 2.97. The average Bonchev–Trinajstić information content (AvgIpc) is 2.48. The molecule has 21 heavy (non-hydrogen) atoms. The van der Waals surface area contributed by atoms with Crippen LogP contribution in [0.1, 0.15) is 33.1 Å². The molecule has 1 fully saturated rings. The summed E-state index contributed by atoms with van der Waals surface area (Å²) in [6.07, 6.45) is 2.78. The van der Waals surface area contributed by atoms with E-state index < -0.39 is 9.84 Å². The van der Waals surface area contributed by atoms with Crippen molar-refractivity contribution in [2.45, 2.75) is 44.0 Å². The van der Waals surface area contributed by atoms with Crippen molar-refractivity contribution in [2.24, 2.45) is 0 Å². The van der Waals surface area contributed by atoms with Crippen LogP contribution < -0.4 is 10.2 Å². The number of anilines is 1. The Morgan fingerprint density at radius 1 is 1.19 bits per heavy atom. The zero-order valence-corrected chi connectivity index (χ0v) is 13.8. The first-order chi connectivity index (χ1) is 10.1. The van der Waals surface area contributed by atoms with Crippen LogP contribution in [-0.4, -0.2) is 39.8 Å². The van der Waals surface area contributed by atoms with Gasteiger partial charge < -0.3 is 10.2 Å². The molecule has 5 heteroatoms. The first kappa shape index (κ1) is 16.3. The maximum Gasteiger partial charge on any atom is 0.180 e. The van der Waals surface area contributed by atoms with Crippen molar-refractivity contribution in [2.75, 3.05) is 30.3 Å². The monoisotopic (exact) mass is 310 g/mol. The predicted molar refractivity (Wildman–Crippen MR) is 87.7 cm³/mol. The molecule has 1 aliphatic rings. The molecule has 1 saturated heterocycles. The van der Waals surface area contributed by atoms with Gasteiger partial charge in [0.25, 0.3) is 0 Å². The van der Waals surface area contributed by atoms with Gasteiger partial charge >= 0.3 is 0 Å². The summed E-state index contributed by atoms with van der Waals surface area (Å²) in [4.78, 5) is 2.71. The van der Waals surface area contributed by atoms with Crippen LogP contribution in [0.15, 0.2) is 29.2 Å². The molecule has 0 radical (unpaired) electrons. The van der Waals surface area contributed by atoms with Gasteiger partial charge in [0, 0.05) is 19.1 Å². The minimum Gasteiger partial charge on any atom is -0.370 e. The number of hydrogen-bond donors (Lipinski definition) is 1. The molecule has 0 aliphatic carbocycles. The van der Waals surface area contributed by atoms with Gasteiger partial charge in [0.05, 0.1) is 16.3 Å². The second-order valence-electron chi connectivity index (χ2n) is 5.61. The van der Waals surface area contributed by atoms with E-state index in [1.807, 2.05) is 25.1 Å². The maximum atomic E-state index is 12.4. The second-order valence-corrected chi connectivity index (χ2v) is 7.68. The van der Waals surface area contributed by atoms with E-state index in [-0.39, 0.29) is 5.75 Å². The van der Waals surface area contributed by atoms with Gasteiger partial charge in [-0.2, -0.15) is 0 Å². The zero-order valence-electron chi connectivity index (χ0n) is 13.0. The van der Waals surface area contributed by atoms with Gasteiger partial charge in [-0.05, 0) is 37.9 Å². The SMILES string of the molecule is CCCS(=O)(=O)c1ccccc1N1CCC(NCC)CC1. The van der Waals surface area contributed by atoms with E-state index in [4.69, 9.17) is 0 Å². The van der Waals surface area contributed by atoms with Crippen LogP contribution in [0, 0.1) is 0 Å². The molecule has 0 spiro atoms. The molecule has 0 aromatic heterocycles. The molecule has 1 aromatic rings. The van der Waals surface area contributed by atoms with Gasteiger partial charge in [-0.15, -0.1) is 0 Å². The molecule has 0 saturated carbocycles. The third-order valence-electron chi connectivity index (χ3n) is 4.00. The highest BCUT2D eigenvalue weighted by molar-refractivity contribution is 7.91. The van der Waals surface area contributed by atoms with Crippen LogP contribution in [0.2, 0.25) is 0 Å². The summed E-state index contributed by atoms with van der Waals surface area (Å²) in [5.41, 5.74) is 0.876. The molecule has 0 amide bonds. The molecule has 2 rings (SSSR count). The van der Waals surface area contributed by atoms with Crippen LogP contribution in [0.4, 0.5) is 5.69 Å². The van der Waals surface area contributed by atoms with Crippen molar-refractivity contribution in [3.8, 4) is 0 Å². The number of nitrogens with zero attached hydrogens (tertiary/aromatic N) is 1. The highest BCUT2D eigenvalue weighted by atomic mass is 32.2. The smallest absolute Gasteiger partial charge is 0.180 e. The van der Waals surface area contributed by atoms with E-state index in [9.17, 15) is 8.42 Å². The third kappa shape index (κ3) is 3.98. The van der Waals surface area contributed by atoms with E-state index in [0.717, 1.165) is 38.2 Å². The standard InChI is InChI=1S/C16H26N2O2S/c1-3-13-21(19,20)16-8-6-5-7-15(16)18-11-9-14(10-12-18)17-4-2/h5-8,14,17H,3-4,9-13H2,1-2H3. The van der Waals surface area contributed by atoms with Crippen molar-refractivity contribution >= 4 is 15.5 Å². The number of piperidine rings is 1. The fourth-order valence-corrected chi connectivity index (χ4v) is 4.53. The number of sulfone groups is 1. The lowest BCUT2D eigenvalue weighted by molar-refractivity contribution is 0.423. The van der Waals surface area contributed by atoms with Crippen LogP contribution in [0.5, 0.6) is 0 Å². The summed E-state index contributed by atoms with van der Waals surface area (Å²) in [5, 5.41) is 3.48. The van der Waals surface area contributed by atoms with Crippen molar-refractivity contribution < 1.29 is 8.42 Å². The molecule has 0 unspecified atom stereocenters. The van der Waals surface area contributed by atoms with Gasteiger partial charge in [-0.25, -0.2) is 8.42 Å². The lowest BCUT2D eigenvalue weighted by Crippen LogP contribution is -2.42. The Labute approximate surface area is 128 Å². The number of nitrogens with one attached hydrogen (secondary N) is 1. The molecule has 0 bridgehead atoms. The molecule has 1 aromatic carbocycles. The molecule has 0 atom stereocenters. The molecule has 1 heterocycles. The molecular weight excluding hydrogens is 284 g/mol.